The Kier molecular flexibility index (Phi) is 4.89. The Morgan fingerprint density at radius 1 is 1.11 bits per heavy atom. The van der Waals surface area contributed by atoms with Gasteiger partial charge >= 0.3 is 0 Å². The van der Waals surface area contributed by atoms with E-state index in [1.807, 2.05) is 41.8 Å². The zero-order valence-electron chi connectivity index (χ0n) is 15.6. The number of aryl methyl sites for hydroxylation is 1. The van der Waals surface area contributed by atoms with Crippen LogP contribution in [-0.4, -0.2) is 36.9 Å². The number of H-pyrrole nitrogens is 1. The summed E-state index contributed by atoms with van der Waals surface area (Å²) in [5.41, 5.74) is 2.38. The molecule has 2 aromatic heterocycles. The number of carbonyl (C=O) groups is 1. The Morgan fingerprint density at radius 2 is 1.86 bits per heavy atom. The SMILES string of the molecule is CCN(Cc1nc2ccccc2c(=O)[nH]1)C(=O)CCn1cnc2ccccc21. The van der Waals surface area contributed by atoms with Crippen LogP contribution in [0.15, 0.2) is 59.7 Å². The first-order valence-corrected chi connectivity index (χ1v) is 9.31. The Balaban J connectivity index is 1.48. The molecule has 1 amide bonds. The molecule has 0 aliphatic rings. The fraction of sp³-hybridized carbons (Fsp3) is 0.238. The van der Waals surface area contributed by atoms with Crippen molar-refractivity contribution in [2.24, 2.45) is 0 Å². The fourth-order valence-corrected chi connectivity index (χ4v) is 3.33. The van der Waals surface area contributed by atoms with Gasteiger partial charge in [-0.05, 0) is 31.2 Å². The molecule has 0 atom stereocenters. The minimum Gasteiger partial charge on any atom is -0.335 e. The number of hydrogen-bond acceptors (Lipinski definition) is 4. The van der Waals surface area contributed by atoms with Crippen molar-refractivity contribution >= 4 is 27.8 Å². The maximum atomic E-state index is 12.7. The van der Waals surface area contributed by atoms with Crippen LogP contribution < -0.4 is 5.56 Å². The number of benzene rings is 2. The third-order valence-electron chi connectivity index (χ3n) is 4.83. The van der Waals surface area contributed by atoms with E-state index in [-0.39, 0.29) is 18.0 Å². The Labute approximate surface area is 161 Å². The lowest BCUT2D eigenvalue weighted by molar-refractivity contribution is -0.131. The molecule has 142 valence electrons. The highest BCUT2D eigenvalue weighted by molar-refractivity contribution is 5.78. The maximum absolute atomic E-state index is 12.7. The van der Waals surface area contributed by atoms with Crippen molar-refractivity contribution in [3.05, 3.63) is 71.0 Å². The largest absolute Gasteiger partial charge is 0.335 e. The summed E-state index contributed by atoms with van der Waals surface area (Å²) in [4.78, 5) is 38.3. The molecule has 0 saturated heterocycles. The first kappa shape index (κ1) is 17.9. The average molecular weight is 375 g/mol. The van der Waals surface area contributed by atoms with Crippen molar-refractivity contribution in [2.45, 2.75) is 26.4 Å². The predicted octanol–water partition coefficient (Wildman–Crippen LogP) is 2.71. The number of amides is 1. The third-order valence-corrected chi connectivity index (χ3v) is 4.83. The van der Waals surface area contributed by atoms with Crippen LogP contribution in [0.3, 0.4) is 0 Å². The summed E-state index contributed by atoms with van der Waals surface area (Å²) in [6, 6.07) is 15.0. The van der Waals surface area contributed by atoms with Crippen LogP contribution >= 0.6 is 0 Å². The number of nitrogens with zero attached hydrogens (tertiary/aromatic N) is 4. The van der Waals surface area contributed by atoms with E-state index in [4.69, 9.17) is 0 Å². The quantitative estimate of drug-likeness (QED) is 0.562. The van der Waals surface area contributed by atoms with E-state index in [2.05, 4.69) is 15.0 Å². The number of carbonyl (C=O) groups excluding carboxylic acids is 1. The van der Waals surface area contributed by atoms with Crippen molar-refractivity contribution in [2.75, 3.05) is 6.54 Å². The van der Waals surface area contributed by atoms with Gasteiger partial charge in [-0.2, -0.15) is 0 Å². The van der Waals surface area contributed by atoms with Gasteiger partial charge in [0, 0.05) is 19.5 Å². The maximum Gasteiger partial charge on any atom is 0.258 e. The lowest BCUT2D eigenvalue weighted by Gasteiger charge is -2.20. The van der Waals surface area contributed by atoms with Crippen LogP contribution in [0.25, 0.3) is 21.9 Å². The summed E-state index contributed by atoms with van der Waals surface area (Å²) < 4.78 is 1.98. The van der Waals surface area contributed by atoms with Crippen LogP contribution in [0.1, 0.15) is 19.2 Å². The molecule has 1 N–H and O–H groups in total. The molecule has 0 bridgehead atoms. The van der Waals surface area contributed by atoms with Gasteiger partial charge in [0.15, 0.2) is 0 Å². The highest BCUT2D eigenvalue weighted by Gasteiger charge is 2.15. The Morgan fingerprint density at radius 3 is 2.68 bits per heavy atom. The number of rotatable bonds is 6. The molecule has 0 aliphatic carbocycles. The van der Waals surface area contributed by atoms with E-state index in [1.165, 1.54) is 0 Å². The summed E-state index contributed by atoms with van der Waals surface area (Å²) in [7, 11) is 0. The molecule has 0 aliphatic heterocycles. The zero-order valence-corrected chi connectivity index (χ0v) is 15.6. The Hall–Kier alpha value is -3.48. The smallest absolute Gasteiger partial charge is 0.258 e. The first-order valence-electron chi connectivity index (χ1n) is 9.31. The molecule has 7 heteroatoms. The second-order valence-electron chi connectivity index (χ2n) is 6.61. The number of aromatic nitrogens is 4. The lowest BCUT2D eigenvalue weighted by Crippen LogP contribution is -2.32. The van der Waals surface area contributed by atoms with Gasteiger partial charge in [-0.25, -0.2) is 9.97 Å². The van der Waals surface area contributed by atoms with E-state index in [0.29, 0.717) is 36.2 Å². The van der Waals surface area contributed by atoms with Gasteiger partial charge < -0.3 is 14.5 Å². The second kappa shape index (κ2) is 7.64. The van der Waals surface area contributed by atoms with Gasteiger partial charge in [0.25, 0.3) is 5.56 Å². The molecule has 28 heavy (non-hydrogen) atoms. The Bertz CT molecular complexity index is 1190. The van der Waals surface area contributed by atoms with Crippen LogP contribution in [0.4, 0.5) is 0 Å². The van der Waals surface area contributed by atoms with Crippen LogP contribution in [0.2, 0.25) is 0 Å². The van der Waals surface area contributed by atoms with Crippen molar-refractivity contribution < 1.29 is 4.79 Å². The predicted molar refractivity (Wildman–Crippen MR) is 108 cm³/mol. The van der Waals surface area contributed by atoms with Crippen molar-refractivity contribution in [3.8, 4) is 0 Å². The summed E-state index contributed by atoms with van der Waals surface area (Å²) in [6.45, 7) is 3.29. The number of para-hydroxylation sites is 3. The van der Waals surface area contributed by atoms with Crippen molar-refractivity contribution in [1.82, 2.24) is 24.4 Å². The minimum atomic E-state index is -0.186. The summed E-state index contributed by atoms with van der Waals surface area (Å²) in [6.07, 6.45) is 2.11. The number of hydrogen-bond donors (Lipinski definition) is 1. The molecule has 4 rings (SSSR count). The minimum absolute atomic E-state index is 0.0103. The topological polar surface area (TPSA) is 83.9 Å². The third kappa shape index (κ3) is 3.51. The van der Waals surface area contributed by atoms with Crippen molar-refractivity contribution in [1.29, 1.82) is 0 Å². The van der Waals surface area contributed by atoms with Gasteiger partial charge in [0.05, 0.1) is 34.8 Å². The molecule has 2 aromatic carbocycles. The molecule has 0 radical (unpaired) electrons. The van der Waals surface area contributed by atoms with Crippen LogP contribution in [0.5, 0.6) is 0 Å². The molecular formula is C21H21N5O2. The molecule has 0 fully saturated rings. The van der Waals surface area contributed by atoms with E-state index < -0.39 is 0 Å². The highest BCUT2D eigenvalue weighted by Crippen LogP contribution is 2.13. The van der Waals surface area contributed by atoms with E-state index in [9.17, 15) is 9.59 Å². The number of imidazole rings is 1. The van der Waals surface area contributed by atoms with E-state index in [0.717, 1.165) is 11.0 Å². The van der Waals surface area contributed by atoms with Gasteiger partial charge in [0.1, 0.15) is 5.82 Å². The molecule has 4 aromatic rings. The summed E-state index contributed by atoms with van der Waals surface area (Å²) in [5.74, 6) is 0.503. The summed E-state index contributed by atoms with van der Waals surface area (Å²) >= 11 is 0. The lowest BCUT2D eigenvalue weighted by atomic mass is 10.2. The molecule has 0 spiro atoms. The van der Waals surface area contributed by atoms with Gasteiger partial charge in [-0.15, -0.1) is 0 Å². The molecular weight excluding hydrogens is 354 g/mol. The number of aromatic amines is 1. The van der Waals surface area contributed by atoms with Gasteiger partial charge in [0.2, 0.25) is 5.91 Å². The fourth-order valence-electron chi connectivity index (χ4n) is 3.33. The van der Waals surface area contributed by atoms with Crippen LogP contribution in [-0.2, 0) is 17.9 Å². The number of fused-ring (bicyclic) bond motifs is 2. The van der Waals surface area contributed by atoms with Crippen LogP contribution in [0, 0.1) is 0 Å². The van der Waals surface area contributed by atoms with Gasteiger partial charge in [-0.1, -0.05) is 24.3 Å². The zero-order chi connectivity index (χ0) is 19.5. The van der Waals surface area contributed by atoms with Gasteiger partial charge in [-0.3, -0.25) is 9.59 Å². The standard InChI is InChI=1S/C21H21N5O2/c1-2-25(13-19-23-16-8-4-3-7-15(16)21(28)24-19)20(27)11-12-26-14-22-17-9-5-6-10-18(17)26/h3-10,14H,2,11-13H2,1H3,(H,23,24,28). The normalized spacial score (nSPS) is 11.2. The summed E-state index contributed by atoms with van der Waals surface area (Å²) in [5, 5.41) is 0.549. The highest BCUT2D eigenvalue weighted by atomic mass is 16.2. The van der Waals surface area contributed by atoms with Crippen molar-refractivity contribution in [3.63, 3.8) is 0 Å². The molecule has 7 nitrogen and oxygen atoms in total. The second-order valence-corrected chi connectivity index (χ2v) is 6.61. The first-order chi connectivity index (χ1) is 13.7. The molecule has 2 heterocycles. The van der Waals surface area contributed by atoms with E-state index in [1.54, 1.807) is 29.4 Å². The molecule has 0 unspecified atom stereocenters. The molecule has 0 saturated carbocycles. The van der Waals surface area contributed by atoms with E-state index >= 15 is 0 Å². The average Bonchev–Trinajstić information content (AvgIpc) is 3.13. The monoisotopic (exact) mass is 375 g/mol. The number of nitrogens with one attached hydrogen (secondary N) is 1.